The van der Waals surface area contributed by atoms with Crippen LogP contribution in [-0.4, -0.2) is 32.8 Å². The highest BCUT2D eigenvalue weighted by Gasteiger charge is 2.21. The van der Waals surface area contributed by atoms with Crippen molar-refractivity contribution in [3.8, 4) is 0 Å². The first-order chi connectivity index (χ1) is 8.83. The van der Waals surface area contributed by atoms with Crippen LogP contribution in [0.2, 0.25) is 0 Å². The summed E-state index contributed by atoms with van der Waals surface area (Å²) in [5.41, 5.74) is 0. The number of hydrogen-bond acceptors (Lipinski definition) is 4. The third-order valence-electron chi connectivity index (χ3n) is 3.31. The van der Waals surface area contributed by atoms with E-state index >= 15 is 0 Å². The van der Waals surface area contributed by atoms with Crippen LogP contribution in [0, 0.1) is 0 Å². The lowest BCUT2D eigenvalue weighted by Crippen LogP contribution is -2.35. The first kappa shape index (κ1) is 11.6. The average molecular weight is 308 g/mol. The van der Waals surface area contributed by atoms with Crippen molar-refractivity contribution >= 4 is 21.7 Å². The maximum atomic E-state index is 4.43. The molecule has 0 unspecified atom stereocenters. The number of aromatic nitrogens is 4. The van der Waals surface area contributed by atoms with Crippen molar-refractivity contribution in [2.45, 2.75) is 18.9 Å². The maximum absolute atomic E-state index is 4.43. The summed E-state index contributed by atoms with van der Waals surface area (Å²) in [4.78, 5) is 10.8. The summed E-state index contributed by atoms with van der Waals surface area (Å²) in [5.74, 6) is 1.05. The summed E-state index contributed by atoms with van der Waals surface area (Å²) in [6, 6.07) is 4.56. The minimum Gasteiger partial charge on any atom is -0.356 e. The van der Waals surface area contributed by atoms with Crippen molar-refractivity contribution in [1.29, 1.82) is 0 Å². The fourth-order valence-electron chi connectivity index (χ4n) is 2.32. The number of anilines is 1. The van der Waals surface area contributed by atoms with E-state index in [1.165, 1.54) is 0 Å². The summed E-state index contributed by atoms with van der Waals surface area (Å²) >= 11 is 3.41. The molecule has 5 nitrogen and oxygen atoms in total. The molecule has 0 saturated carbocycles. The molecule has 94 valence electrons. The summed E-state index contributed by atoms with van der Waals surface area (Å²) in [6.45, 7) is 2.03. The van der Waals surface area contributed by atoms with Gasteiger partial charge < -0.3 is 4.90 Å². The minimum atomic E-state index is 0.471. The van der Waals surface area contributed by atoms with Gasteiger partial charge in [0.2, 0.25) is 0 Å². The van der Waals surface area contributed by atoms with E-state index in [0.717, 1.165) is 36.2 Å². The lowest BCUT2D eigenvalue weighted by atomic mass is 10.1. The van der Waals surface area contributed by atoms with E-state index in [0.29, 0.717) is 6.04 Å². The molecule has 0 atom stereocenters. The Morgan fingerprint density at radius 1 is 1.22 bits per heavy atom. The van der Waals surface area contributed by atoms with Gasteiger partial charge >= 0.3 is 0 Å². The fourth-order valence-corrected chi connectivity index (χ4v) is 2.56. The third kappa shape index (κ3) is 2.38. The van der Waals surface area contributed by atoms with Gasteiger partial charge in [-0.3, -0.25) is 0 Å². The van der Waals surface area contributed by atoms with Crippen LogP contribution in [0.4, 0.5) is 5.82 Å². The Hall–Kier alpha value is -1.43. The number of pyridine rings is 1. The summed E-state index contributed by atoms with van der Waals surface area (Å²) in [6.07, 6.45) is 7.42. The zero-order valence-electron chi connectivity index (χ0n) is 9.91. The van der Waals surface area contributed by atoms with Crippen molar-refractivity contribution in [2.24, 2.45) is 0 Å². The van der Waals surface area contributed by atoms with E-state index in [9.17, 15) is 0 Å². The molecule has 0 N–H and O–H groups in total. The molecule has 3 heterocycles. The standard InChI is InChI=1S/C12H14BrN5/c13-10-1-2-12(15-7-10)17-5-3-11(4-6-17)18-9-14-8-16-18/h1-2,7-9,11H,3-6H2. The van der Waals surface area contributed by atoms with Gasteiger partial charge in [0.15, 0.2) is 0 Å². The molecule has 0 aromatic carbocycles. The first-order valence-corrected chi connectivity index (χ1v) is 6.83. The van der Waals surface area contributed by atoms with Crippen molar-refractivity contribution in [3.63, 3.8) is 0 Å². The predicted molar refractivity (Wildman–Crippen MR) is 72.4 cm³/mol. The van der Waals surface area contributed by atoms with Crippen LogP contribution < -0.4 is 4.90 Å². The van der Waals surface area contributed by atoms with Crippen molar-refractivity contribution in [1.82, 2.24) is 19.7 Å². The van der Waals surface area contributed by atoms with Gasteiger partial charge in [0.25, 0.3) is 0 Å². The van der Waals surface area contributed by atoms with E-state index in [1.54, 1.807) is 12.7 Å². The van der Waals surface area contributed by atoms with Crippen LogP contribution in [0.3, 0.4) is 0 Å². The van der Waals surface area contributed by atoms with Crippen molar-refractivity contribution in [2.75, 3.05) is 18.0 Å². The smallest absolute Gasteiger partial charge is 0.137 e. The Labute approximate surface area is 114 Å². The molecule has 0 bridgehead atoms. The van der Waals surface area contributed by atoms with Crippen molar-refractivity contribution < 1.29 is 0 Å². The van der Waals surface area contributed by atoms with Crippen LogP contribution in [0.25, 0.3) is 0 Å². The second-order valence-corrected chi connectivity index (χ2v) is 5.34. The quantitative estimate of drug-likeness (QED) is 0.854. The zero-order chi connectivity index (χ0) is 12.4. The highest BCUT2D eigenvalue weighted by atomic mass is 79.9. The zero-order valence-corrected chi connectivity index (χ0v) is 11.5. The molecular formula is C12H14BrN5. The second-order valence-electron chi connectivity index (χ2n) is 4.43. The van der Waals surface area contributed by atoms with Crippen LogP contribution >= 0.6 is 15.9 Å². The third-order valence-corrected chi connectivity index (χ3v) is 3.78. The molecule has 0 spiro atoms. The van der Waals surface area contributed by atoms with E-state index in [1.807, 2.05) is 16.9 Å². The van der Waals surface area contributed by atoms with Crippen LogP contribution in [0.5, 0.6) is 0 Å². The molecule has 3 rings (SSSR count). The molecule has 1 fully saturated rings. The van der Waals surface area contributed by atoms with Gasteiger partial charge in [-0.1, -0.05) is 0 Å². The van der Waals surface area contributed by atoms with Crippen LogP contribution in [-0.2, 0) is 0 Å². The lowest BCUT2D eigenvalue weighted by Gasteiger charge is -2.32. The molecule has 2 aromatic rings. The van der Waals surface area contributed by atoms with Gasteiger partial charge in [-0.25, -0.2) is 14.6 Å². The van der Waals surface area contributed by atoms with E-state index in [2.05, 4.69) is 42.0 Å². The maximum Gasteiger partial charge on any atom is 0.137 e. The predicted octanol–water partition coefficient (Wildman–Crippen LogP) is 2.28. The van der Waals surface area contributed by atoms with Gasteiger partial charge in [0.05, 0.1) is 6.04 Å². The Morgan fingerprint density at radius 2 is 2.06 bits per heavy atom. The van der Waals surface area contributed by atoms with E-state index < -0.39 is 0 Å². The Kier molecular flexibility index (Phi) is 3.27. The first-order valence-electron chi connectivity index (χ1n) is 6.03. The Balaban J connectivity index is 1.65. The Bertz CT molecular complexity index is 488. The number of hydrogen-bond donors (Lipinski definition) is 0. The lowest BCUT2D eigenvalue weighted by molar-refractivity contribution is 0.365. The molecular weight excluding hydrogens is 294 g/mol. The van der Waals surface area contributed by atoms with Crippen LogP contribution in [0.1, 0.15) is 18.9 Å². The molecule has 2 aromatic heterocycles. The van der Waals surface area contributed by atoms with Crippen LogP contribution in [0.15, 0.2) is 35.5 Å². The number of nitrogens with zero attached hydrogens (tertiary/aromatic N) is 5. The fraction of sp³-hybridized carbons (Fsp3) is 0.417. The minimum absolute atomic E-state index is 0.471. The van der Waals surface area contributed by atoms with Gasteiger partial charge in [-0.2, -0.15) is 5.10 Å². The van der Waals surface area contributed by atoms with Gasteiger partial charge in [0, 0.05) is 23.8 Å². The molecule has 1 aliphatic heterocycles. The number of piperidine rings is 1. The van der Waals surface area contributed by atoms with Gasteiger partial charge in [-0.05, 0) is 40.9 Å². The Morgan fingerprint density at radius 3 is 2.67 bits per heavy atom. The monoisotopic (exact) mass is 307 g/mol. The normalized spacial score (nSPS) is 17.1. The highest BCUT2D eigenvalue weighted by Crippen LogP contribution is 2.25. The summed E-state index contributed by atoms with van der Waals surface area (Å²) < 4.78 is 2.98. The second kappa shape index (κ2) is 5.06. The molecule has 0 aliphatic carbocycles. The molecule has 0 amide bonds. The number of halogens is 1. The summed E-state index contributed by atoms with van der Waals surface area (Å²) in [5, 5.41) is 4.21. The number of rotatable bonds is 2. The molecule has 18 heavy (non-hydrogen) atoms. The molecule has 1 aliphatic rings. The van der Waals surface area contributed by atoms with Gasteiger partial charge in [-0.15, -0.1) is 0 Å². The van der Waals surface area contributed by atoms with E-state index in [4.69, 9.17) is 0 Å². The highest BCUT2D eigenvalue weighted by molar-refractivity contribution is 9.10. The molecule has 1 saturated heterocycles. The van der Waals surface area contributed by atoms with Gasteiger partial charge in [0.1, 0.15) is 18.5 Å². The molecule has 0 radical (unpaired) electrons. The summed E-state index contributed by atoms with van der Waals surface area (Å²) in [7, 11) is 0. The molecule has 6 heteroatoms. The SMILES string of the molecule is Brc1ccc(N2CCC(n3cncn3)CC2)nc1. The van der Waals surface area contributed by atoms with E-state index in [-0.39, 0.29) is 0 Å². The topological polar surface area (TPSA) is 46.8 Å². The average Bonchev–Trinajstić information content (AvgIpc) is 2.94. The van der Waals surface area contributed by atoms with Crippen molar-refractivity contribution in [3.05, 3.63) is 35.5 Å². The largest absolute Gasteiger partial charge is 0.356 e.